The van der Waals surface area contributed by atoms with Crippen LogP contribution in [0.5, 0.6) is 0 Å². The van der Waals surface area contributed by atoms with Crippen LogP contribution < -0.4 is 5.73 Å². The molecule has 1 aliphatic rings. The number of carbonyl (C=O) groups excluding carboxylic acids is 1. The Morgan fingerprint density at radius 3 is 2.38 bits per heavy atom. The minimum absolute atomic E-state index is 0.133. The van der Waals surface area contributed by atoms with Crippen molar-refractivity contribution in [1.29, 1.82) is 0 Å². The highest BCUT2D eigenvalue weighted by atomic mass is 32.2. The van der Waals surface area contributed by atoms with Crippen molar-refractivity contribution in [3.63, 3.8) is 0 Å². The first-order valence-electron chi connectivity index (χ1n) is 6.60. The zero-order valence-electron chi connectivity index (χ0n) is 11.9. The quantitative estimate of drug-likeness (QED) is 0.814. The Balaban J connectivity index is 2.47. The van der Waals surface area contributed by atoms with Gasteiger partial charge < -0.3 is 10.5 Å². The van der Waals surface area contributed by atoms with Crippen molar-refractivity contribution in [2.45, 2.75) is 18.1 Å². The Morgan fingerprint density at radius 1 is 1.38 bits per heavy atom. The lowest BCUT2D eigenvalue weighted by atomic mass is 9.99. The fourth-order valence-corrected chi connectivity index (χ4v) is 4.93. The number of ether oxygens (including phenoxy) is 1. The first-order chi connectivity index (χ1) is 9.79. The molecule has 1 fully saturated rings. The summed E-state index contributed by atoms with van der Waals surface area (Å²) in [6.07, 6.45) is 1.07. The van der Waals surface area contributed by atoms with Crippen LogP contribution in [0.25, 0.3) is 0 Å². The van der Waals surface area contributed by atoms with Gasteiger partial charge in [-0.25, -0.2) is 12.8 Å². The van der Waals surface area contributed by atoms with Crippen LogP contribution in [0, 0.1) is 11.2 Å². The van der Waals surface area contributed by atoms with Crippen LogP contribution in [0.4, 0.5) is 4.39 Å². The lowest BCUT2D eigenvalue weighted by molar-refractivity contribution is -0.149. The van der Waals surface area contributed by atoms with Crippen molar-refractivity contribution in [2.24, 2.45) is 11.1 Å². The molecule has 116 valence electrons. The number of hydrogen-bond acceptors (Lipinski definition) is 5. The van der Waals surface area contributed by atoms with Gasteiger partial charge in [0.25, 0.3) is 0 Å². The molecule has 0 heterocycles. The number of hydrogen-bond donors (Lipinski definition) is 1. The van der Waals surface area contributed by atoms with Crippen molar-refractivity contribution >= 4 is 15.8 Å². The van der Waals surface area contributed by atoms with E-state index in [1.807, 2.05) is 0 Å². The highest BCUT2D eigenvalue weighted by Gasteiger charge is 2.74. The van der Waals surface area contributed by atoms with Crippen molar-refractivity contribution in [3.05, 3.63) is 35.6 Å². The molecule has 2 rings (SSSR count). The Hall–Kier alpha value is -1.47. The van der Waals surface area contributed by atoms with Gasteiger partial charge in [-0.05, 0) is 24.6 Å². The fraction of sp³-hybridized carbons (Fsp3) is 0.500. The van der Waals surface area contributed by atoms with Crippen LogP contribution in [0.3, 0.4) is 0 Å². The zero-order valence-corrected chi connectivity index (χ0v) is 12.7. The second-order valence-corrected chi connectivity index (χ2v) is 7.41. The number of sulfone groups is 1. The van der Waals surface area contributed by atoms with Gasteiger partial charge in [0.15, 0.2) is 9.84 Å². The molecular formula is C14H18FNO4S. The van der Waals surface area contributed by atoms with Crippen LogP contribution in [0.1, 0.15) is 18.4 Å². The van der Waals surface area contributed by atoms with E-state index in [1.165, 1.54) is 24.3 Å². The largest absolute Gasteiger partial charge is 0.465 e. The number of halogens is 1. The highest BCUT2D eigenvalue weighted by molar-refractivity contribution is 7.91. The molecule has 5 nitrogen and oxygen atoms in total. The van der Waals surface area contributed by atoms with E-state index in [4.69, 9.17) is 10.5 Å². The minimum Gasteiger partial charge on any atom is -0.465 e. The topological polar surface area (TPSA) is 86.5 Å². The molecule has 1 aromatic carbocycles. The lowest BCUT2D eigenvalue weighted by Crippen LogP contribution is -2.33. The van der Waals surface area contributed by atoms with E-state index in [0.29, 0.717) is 5.56 Å². The normalized spacial score (nSPS) is 28.2. The van der Waals surface area contributed by atoms with E-state index >= 15 is 0 Å². The number of rotatable bonds is 5. The van der Waals surface area contributed by atoms with E-state index in [-0.39, 0.29) is 13.2 Å². The van der Waals surface area contributed by atoms with Crippen LogP contribution in [-0.2, 0) is 19.4 Å². The molecular weight excluding hydrogens is 297 g/mol. The Labute approximate surface area is 123 Å². The predicted molar refractivity (Wildman–Crippen MR) is 75.9 cm³/mol. The van der Waals surface area contributed by atoms with Gasteiger partial charge in [-0.3, -0.25) is 4.79 Å². The molecule has 7 heteroatoms. The zero-order chi connectivity index (χ0) is 15.8. The third-order valence-electron chi connectivity index (χ3n) is 3.94. The third kappa shape index (κ3) is 2.55. The first-order valence-corrected chi connectivity index (χ1v) is 8.56. The summed E-state index contributed by atoms with van der Waals surface area (Å²) >= 11 is 0. The molecule has 2 N–H and O–H groups in total. The van der Waals surface area contributed by atoms with Gasteiger partial charge in [-0.15, -0.1) is 0 Å². The smallest absolute Gasteiger partial charge is 0.315 e. The molecule has 0 aromatic heterocycles. The Morgan fingerprint density at radius 2 is 1.95 bits per heavy atom. The lowest BCUT2D eigenvalue weighted by Gasteiger charge is -2.14. The van der Waals surface area contributed by atoms with E-state index in [1.54, 1.807) is 6.92 Å². The maximum atomic E-state index is 13.0. The first kappa shape index (κ1) is 15.9. The minimum atomic E-state index is -3.49. The van der Waals surface area contributed by atoms with Gasteiger partial charge in [0, 0.05) is 18.7 Å². The van der Waals surface area contributed by atoms with E-state index in [9.17, 15) is 17.6 Å². The number of esters is 1. The number of carbonyl (C=O) groups is 1. The van der Waals surface area contributed by atoms with Crippen LogP contribution >= 0.6 is 0 Å². The molecule has 1 aliphatic carbocycles. The van der Waals surface area contributed by atoms with Gasteiger partial charge in [0.2, 0.25) is 0 Å². The predicted octanol–water partition coefficient (Wildman–Crippen LogP) is 0.844. The monoisotopic (exact) mass is 315 g/mol. The number of nitrogens with two attached hydrogens (primary N) is 1. The average Bonchev–Trinajstić information content (AvgIpc) is 3.10. The summed E-state index contributed by atoms with van der Waals surface area (Å²) in [7, 11) is -3.49. The molecule has 0 spiro atoms. The summed E-state index contributed by atoms with van der Waals surface area (Å²) < 4.78 is 42.0. The molecule has 0 aliphatic heterocycles. The Kier molecular flexibility index (Phi) is 4.08. The van der Waals surface area contributed by atoms with Crippen molar-refractivity contribution in [2.75, 3.05) is 19.4 Å². The van der Waals surface area contributed by atoms with Gasteiger partial charge in [-0.2, -0.15) is 0 Å². The highest BCUT2D eigenvalue weighted by Crippen LogP contribution is 2.62. The second kappa shape index (κ2) is 5.38. The standard InChI is InChI=1S/C14H18FNO4S/c1-3-20-13(17)14(8-16)11(12(14)21(2,18)19)9-4-6-10(15)7-5-9/h4-7,11-12H,3,8,16H2,1-2H3. The summed E-state index contributed by atoms with van der Waals surface area (Å²) in [5, 5.41) is -0.931. The van der Waals surface area contributed by atoms with E-state index in [0.717, 1.165) is 6.26 Å². The van der Waals surface area contributed by atoms with Crippen LogP contribution in [0.2, 0.25) is 0 Å². The van der Waals surface area contributed by atoms with Gasteiger partial charge in [0.1, 0.15) is 11.2 Å². The van der Waals surface area contributed by atoms with E-state index in [2.05, 4.69) is 0 Å². The SMILES string of the molecule is CCOC(=O)C1(CN)C(c2ccc(F)cc2)C1S(C)(=O)=O. The second-order valence-electron chi connectivity index (χ2n) is 5.24. The maximum Gasteiger partial charge on any atom is 0.315 e. The van der Waals surface area contributed by atoms with Crippen molar-refractivity contribution < 1.29 is 22.3 Å². The van der Waals surface area contributed by atoms with E-state index < -0.39 is 38.2 Å². The van der Waals surface area contributed by atoms with Crippen molar-refractivity contribution in [3.8, 4) is 0 Å². The molecule has 21 heavy (non-hydrogen) atoms. The Bertz CT molecular complexity index is 643. The molecule has 0 radical (unpaired) electrons. The molecule has 1 saturated carbocycles. The summed E-state index contributed by atoms with van der Waals surface area (Å²) in [6, 6.07) is 5.43. The summed E-state index contributed by atoms with van der Waals surface area (Å²) in [5.74, 6) is -1.64. The molecule has 3 atom stereocenters. The molecule has 0 saturated heterocycles. The summed E-state index contributed by atoms with van der Waals surface area (Å²) in [4.78, 5) is 12.2. The van der Waals surface area contributed by atoms with Gasteiger partial charge in [0.05, 0.1) is 11.9 Å². The third-order valence-corrected chi connectivity index (χ3v) is 5.56. The molecule has 0 amide bonds. The van der Waals surface area contributed by atoms with Crippen LogP contribution in [-0.4, -0.2) is 39.0 Å². The summed E-state index contributed by atoms with van der Waals surface area (Å²) in [5.41, 5.74) is 5.00. The molecule has 0 bridgehead atoms. The van der Waals surface area contributed by atoms with Crippen molar-refractivity contribution in [1.82, 2.24) is 0 Å². The summed E-state index contributed by atoms with van der Waals surface area (Å²) in [6.45, 7) is 1.66. The van der Waals surface area contributed by atoms with Crippen LogP contribution in [0.15, 0.2) is 24.3 Å². The number of benzene rings is 1. The van der Waals surface area contributed by atoms with Gasteiger partial charge >= 0.3 is 5.97 Å². The average molecular weight is 315 g/mol. The fourth-order valence-electron chi connectivity index (χ4n) is 3.01. The molecule has 3 unspecified atom stereocenters. The molecule has 1 aromatic rings. The maximum absolute atomic E-state index is 13.0. The van der Waals surface area contributed by atoms with Gasteiger partial charge in [-0.1, -0.05) is 12.1 Å².